The molecule has 75 heavy (non-hydrogen) atoms. The number of benzene rings is 11. The normalized spacial score (nSPS) is 14.2. The maximum absolute atomic E-state index is 7.30. The SMILES string of the molecule is CC1(C)c2cc(N(c3ccccc3)c3ccccc3)ccc2-c2cc3c4c(c21)Oc1ccccc1B4c1cc2c(cc1S3)Sc1c3c(cc4cc(N(c5ccccc5)c5ccccc5)ccc14)Oc1ccccc1B23. The van der Waals surface area contributed by atoms with Crippen LogP contribution in [0, 0.1) is 0 Å². The van der Waals surface area contributed by atoms with Crippen LogP contribution < -0.4 is 52.1 Å². The number of rotatable bonds is 6. The molecule has 0 saturated carbocycles. The number of anilines is 6. The van der Waals surface area contributed by atoms with Crippen molar-refractivity contribution in [2.75, 3.05) is 9.80 Å². The number of nitrogens with zero attached hydrogens (tertiary/aromatic N) is 2. The Kier molecular flexibility index (Phi) is 9.41. The summed E-state index contributed by atoms with van der Waals surface area (Å²) in [7, 11) is 0. The maximum Gasteiger partial charge on any atom is 0.253 e. The van der Waals surface area contributed by atoms with Gasteiger partial charge in [-0.2, -0.15) is 0 Å². The Balaban J connectivity index is 0.858. The van der Waals surface area contributed by atoms with Gasteiger partial charge in [0.15, 0.2) is 0 Å². The molecule has 11 aromatic carbocycles. The minimum Gasteiger partial charge on any atom is -0.458 e. The van der Waals surface area contributed by atoms with Gasteiger partial charge < -0.3 is 19.3 Å². The van der Waals surface area contributed by atoms with Gasteiger partial charge in [-0.25, -0.2) is 0 Å². The van der Waals surface area contributed by atoms with Crippen molar-refractivity contribution in [1.29, 1.82) is 0 Å². The molecule has 4 aliphatic heterocycles. The summed E-state index contributed by atoms with van der Waals surface area (Å²) in [4.78, 5) is 9.82. The first-order chi connectivity index (χ1) is 36.9. The summed E-state index contributed by atoms with van der Waals surface area (Å²) >= 11 is 3.81. The van der Waals surface area contributed by atoms with Crippen molar-refractivity contribution in [2.24, 2.45) is 0 Å². The second kappa shape index (κ2) is 16.4. The third-order valence-corrected chi connectivity index (χ3v) is 18.5. The molecule has 0 N–H and O–H groups in total. The molecular weight excluding hydrogens is 951 g/mol. The number of para-hydroxylation sites is 6. The molecule has 352 valence electrons. The minimum absolute atomic E-state index is 0.00866. The molecule has 0 amide bonds. The summed E-state index contributed by atoms with van der Waals surface area (Å²) in [6.45, 7) is 4.76. The molecule has 5 aliphatic rings. The third kappa shape index (κ3) is 6.43. The largest absolute Gasteiger partial charge is 0.458 e. The smallest absolute Gasteiger partial charge is 0.253 e. The fourth-order valence-corrected chi connectivity index (χ4v) is 15.5. The first-order valence-corrected chi connectivity index (χ1v) is 27.4. The van der Waals surface area contributed by atoms with Crippen LogP contribution in [-0.4, -0.2) is 13.4 Å². The van der Waals surface area contributed by atoms with E-state index in [1.54, 1.807) is 0 Å². The third-order valence-electron chi connectivity index (χ3n) is 16.2. The van der Waals surface area contributed by atoms with Gasteiger partial charge in [-0.3, -0.25) is 0 Å². The summed E-state index contributed by atoms with van der Waals surface area (Å²) in [5.74, 6) is 3.78. The standard InChI is InChI=1S/C67H44B2N2O2S2/c1-67(2)51-37-47(71(44-23-11-5-12-24-44)45-25-13-6-14-26-45)32-34-49(51)50-38-61-64-65(62(50)67)73-57-30-18-16-28-53(57)69(64)54-39-55-60(40-59(54)74-61)75-66-48-33-31-46(70(42-19-7-3-8-20-42)43-21-9-4-10-22-43)35-41(48)36-58-63(66)68(55)52-27-15-17-29-56(52)72-58/h3-40H,1-2H3. The average molecular weight is 995 g/mol. The van der Waals surface area contributed by atoms with Crippen molar-refractivity contribution in [2.45, 2.75) is 38.8 Å². The zero-order valence-electron chi connectivity index (χ0n) is 41.1. The highest BCUT2D eigenvalue weighted by Gasteiger charge is 2.48. The van der Waals surface area contributed by atoms with Gasteiger partial charge in [-0.05, 0) is 152 Å². The van der Waals surface area contributed by atoms with E-state index in [1.165, 1.54) is 80.0 Å². The topological polar surface area (TPSA) is 24.9 Å². The van der Waals surface area contributed by atoms with E-state index in [0.717, 1.165) is 62.5 Å². The van der Waals surface area contributed by atoms with E-state index in [2.05, 4.69) is 254 Å². The highest BCUT2D eigenvalue weighted by molar-refractivity contribution is 8.01. The first-order valence-electron chi connectivity index (χ1n) is 25.8. The average Bonchev–Trinajstić information content (AvgIpc) is 3.83. The molecule has 8 heteroatoms. The zero-order chi connectivity index (χ0) is 49.5. The Labute approximate surface area is 445 Å². The Morgan fingerprint density at radius 1 is 0.387 bits per heavy atom. The second-order valence-electron chi connectivity index (χ2n) is 20.7. The first kappa shape index (κ1) is 43.1. The molecule has 0 atom stereocenters. The van der Waals surface area contributed by atoms with Crippen molar-refractivity contribution in [3.05, 3.63) is 242 Å². The lowest BCUT2D eigenvalue weighted by Gasteiger charge is -2.38. The van der Waals surface area contributed by atoms with Crippen molar-refractivity contribution in [3.63, 3.8) is 0 Å². The predicted octanol–water partition coefficient (Wildman–Crippen LogP) is 14.3. The van der Waals surface area contributed by atoms with Crippen molar-refractivity contribution < 1.29 is 9.47 Å². The van der Waals surface area contributed by atoms with Crippen LogP contribution in [0.3, 0.4) is 0 Å². The van der Waals surface area contributed by atoms with Crippen molar-refractivity contribution in [1.82, 2.24) is 0 Å². The van der Waals surface area contributed by atoms with Crippen LogP contribution in [0.2, 0.25) is 0 Å². The van der Waals surface area contributed by atoms with Crippen molar-refractivity contribution >= 4 is 115 Å². The second-order valence-corrected chi connectivity index (χ2v) is 22.8. The van der Waals surface area contributed by atoms with Crippen molar-refractivity contribution in [3.8, 4) is 34.1 Å². The Bertz CT molecular complexity index is 4110. The van der Waals surface area contributed by atoms with Crippen LogP contribution in [0.15, 0.2) is 250 Å². The van der Waals surface area contributed by atoms with Gasteiger partial charge in [0.05, 0.1) is 0 Å². The van der Waals surface area contributed by atoms with E-state index in [1.807, 2.05) is 23.5 Å². The molecule has 4 nitrogen and oxygen atoms in total. The Morgan fingerprint density at radius 3 is 1.52 bits per heavy atom. The minimum atomic E-state index is -0.352. The molecule has 0 saturated heterocycles. The van der Waals surface area contributed by atoms with Crippen LogP contribution in [0.1, 0.15) is 25.0 Å². The molecule has 4 heterocycles. The molecule has 16 rings (SSSR count). The van der Waals surface area contributed by atoms with E-state index < -0.39 is 0 Å². The number of hydrogen-bond acceptors (Lipinski definition) is 6. The van der Waals surface area contributed by atoms with Crippen LogP contribution in [0.5, 0.6) is 23.0 Å². The molecule has 0 spiro atoms. The number of ether oxygens (including phenoxy) is 2. The lowest BCUT2D eigenvalue weighted by molar-refractivity contribution is 0.468. The quantitative estimate of drug-likeness (QED) is 0.154. The molecule has 0 bridgehead atoms. The summed E-state index contributed by atoms with van der Waals surface area (Å²) in [6, 6.07) is 84.0. The summed E-state index contributed by atoms with van der Waals surface area (Å²) in [5.41, 5.74) is 19.0. The highest BCUT2D eigenvalue weighted by atomic mass is 32.2. The van der Waals surface area contributed by atoms with Gasteiger partial charge in [0.2, 0.25) is 0 Å². The van der Waals surface area contributed by atoms with E-state index >= 15 is 0 Å². The van der Waals surface area contributed by atoms with E-state index in [-0.39, 0.29) is 18.8 Å². The van der Waals surface area contributed by atoms with E-state index in [9.17, 15) is 0 Å². The molecular formula is C67H44B2N2O2S2. The maximum atomic E-state index is 7.30. The Morgan fingerprint density at radius 2 is 0.907 bits per heavy atom. The summed E-state index contributed by atoms with van der Waals surface area (Å²) in [6.07, 6.45) is 0. The molecule has 0 unspecified atom stereocenters. The van der Waals surface area contributed by atoms with Gasteiger partial charge in [-0.1, -0.05) is 176 Å². The number of fused-ring (bicyclic) bond motifs is 14. The Hall–Kier alpha value is -8.29. The molecule has 0 aromatic heterocycles. The zero-order valence-corrected chi connectivity index (χ0v) is 42.8. The van der Waals surface area contributed by atoms with Gasteiger partial charge >= 0.3 is 0 Å². The van der Waals surface area contributed by atoms with Gasteiger partial charge in [0, 0.05) is 64.7 Å². The van der Waals surface area contributed by atoms with Gasteiger partial charge in [0.1, 0.15) is 23.0 Å². The molecule has 11 aromatic rings. The monoisotopic (exact) mass is 994 g/mol. The molecule has 1 aliphatic carbocycles. The fraction of sp³-hybridized carbons (Fsp3) is 0.0448. The van der Waals surface area contributed by atoms with Crippen LogP contribution in [0.4, 0.5) is 34.1 Å². The number of hydrogen-bond donors (Lipinski definition) is 0. The van der Waals surface area contributed by atoms with E-state index in [0.29, 0.717) is 0 Å². The lowest BCUT2D eigenvalue weighted by atomic mass is 9.32. The highest BCUT2D eigenvalue weighted by Crippen LogP contribution is 2.57. The van der Waals surface area contributed by atoms with Crippen LogP contribution in [-0.2, 0) is 5.41 Å². The lowest BCUT2D eigenvalue weighted by Crippen LogP contribution is -2.62. The van der Waals surface area contributed by atoms with Gasteiger partial charge in [0.25, 0.3) is 13.4 Å². The van der Waals surface area contributed by atoms with Crippen LogP contribution >= 0.6 is 23.5 Å². The molecule has 0 fully saturated rings. The van der Waals surface area contributed by atoms with Crippen LogP contribution in [0.25, 0.3) is 21.9 Å². The van der Waals surface area contributed by atoms with E-state index in [4.69, 9.17) is 9.47 Å². The van der Waals surface area contributed by atoms with Gasteiger partial charge in [-0.15, -0.1) is 0 Å². The predicted molar refractivity (Wildman–Crippen MR) is 314 cm³/mol. The molecule has 0 radical (unpaired) electrons. The summed E-state index contributed by atoms with van der Waals surface area (Å²) in [5, 5.41) is 2.38. The summed E-state index contributed by atoms with van der Waals surface area (Å²) < 4.78 is 14.3. The fourth-order valence-electron chi connectivity index (χ4n) is 12.9.